The van der Waals surface area contributed by atoms with Crippen LogP contribution in [0.1, 0.15) is 32.6 Å². The molecule has 2 heteroatoms. The lowest BCUT2D eigenvalue weighted by Crippen LogP contribution is -2.47. The van der Waals surface area contributed by atoms with Crippen LogP contribution < -0.4 is 5.32 Å². The molecule has 0 aromatic carbocycles. The van der Waals surface area contributed by atoms with E-state index in [1.165, 1.54) is 37.2 Å². The summed E-state index contributed by atoms with van der Waals surface area (Å²) in [6, 6.07) is 1.58. The second kappa shape index (κ2) is 4.01. The van der Waals surface area contributed by atoms with Crippen molar-refractivity contribution in [3.63, 3.8) is 0 Å². The van der Waals surface area contributed by atoms with E-state index in [1.54, 1.807) is 0 Å². The molecule has 2 fully saturated rings. The van der Waals surface area contributed by atoms with E-state index >= 15 is 0 Å². The van der Waals surface area contributed by atoms with Crippen molar-refractivity contribution >= 4 is 11.8 Å². The molecule has 0 spiro atoms. The van der Waals surface area contributed by atoms with E-state index in [4.69, 9.17) is 0 Å². The van der Waals surface area contributed by atoms with E-state index in [9.17, 15) is 0 Å². The SMILES string of the molecule is CC1CSCC(C2CCCC2)N1. The molecular weight excluding hydrogens is 166 g/mol. The van der Waals surface area contributed by atoms with Crippen molar-refractivity contribution in [3.8, 4) is 0 Å². The van der Waals surface area contributed by atoms with Crippen LogP contribution in [0.2, 0.25) is 0 Å². The summed E-state index contributed by atoms with van der Waals surface area (Å²) >= 11 is 2.14. The molecule has 70 valence electrons. The zero-order chi connectivity index (χ0) is 8.39. The van der Waals surface area contributed by atoms with Crippen LogP contribution >= 0.6 is 11.8 Å². The van der Waals surface area contributed by atoms with Crippen molar-refractivity contribution in [1.29, 1.82) is 0 Å². The molecule has 1 saturated carbocycles. The Hall–Kier alpha value is 0.310. The maximum absolute atomic E-state index is 3.74. The standard InChI is InChI=1S/C10H19NS/c1-8-6-12-7-10(11-8)9-4-2-3-5-9/h8-11H,2-7H2,1H3. The van der Waals surface area contributed by atoms with Crippen LogP contribution in [0.25, 0.3) is 0 Å². The normalized spacial score (nSPS) is 38.8. The predicted molar refractivity (Wildman–Crippen MR) is 55.7 cm³/mol. The number of hydrogen-bond donors (Lipinski definition) is 1. The fraction of sp³-hybridized carbons (Fsp3) is 1.00. The number of rotatable bonds is 1. The predicted octanol–water partition coefficient (Wildman–Crippen LogP) is 2.27. The van der Waals surface area contributed by atoms with Crippen LogP contribution in [0.3, 0.4) is 0 Å². The Kier molecular flexibility index (Phi) is 2.97. The van der Waals surface area contributed by atoms with Gasteiger partial charge in [-0.3, -0.25) is 0 Å². The molecular formula is C10H19NS. The Morgan fingerprint density at radius 2 is 1.92 bits per heavy atom. The molecule has 1 nitrogen and oxygen atoms in total. The average molecular weight is 185 g/mol. The van der Waals surface area contributed by atoms with E-state index < -0.39 is 0 Å². The van der Waals surface area contributed by atoms with Gasteiger partial charge in [0.1, 0.15) is 0 Å². The van der Waals surface area contributed by atoms with Gasteiger partial charge in [0.05, 0.1) is 0 Å². The lowest BCUT2D eigenvalue weighted by Gasteiger charge is -2.32. The van der Waals surface area contributed by atoms with E-state index in [1.807, 2.05) is 0 Å². The van der Waals surface area contributed by atoms with E-state index in [-0.39, 0.29) is 0 Å². The summed E-state index contributed by atoms with van der Waals surface area (Å²) in [6.45, 7) is 2.31. The molecule has 1 saturated heterocycles. The van der Waals surface area contributed by atoms with Crippen LogP contribution in [0.15, 0.2) is 0 Å². The molecule has 1 aliphatic heterocycles. The maximum atomic E-state index is 3.74. The van der Waals surface area contributed by atoms with Gasteiger partial charge in [0, 0.05) is 23.6 Å². The average Bonchev–Trinajstić information content (AvgIpc) is 2.56. The summed E-state index contributed by atoms with van der Waals surface area (Å²) in [7, 11) is 0. The van der Waals surface area contributed by atoms with Gasteiger partial charge in [0.2, 0.25) is 0 Å². The highest BCUT2D eigenvalue weighted by molar-refractivity contribution is 7.99. The van der Waals surface area contributed by atoms with Crippen molar-refractivity contribution in [1.82, 2.24) is 5.32 Å². The Morgan fingerprint density at radius 3 is 2.58 bits per heavy atom. The van der Waals surface area contributed by atoms with Gasteiger partial charge in [0.15, 0.2) is 0 Å². The minimum atomic E-state index is 0.745. The van der Waals surface area contributed by atoms with E-state index in [0.29, 0.717) is 0 Å². The molecule has 2 atom stereocenters. The summed E-state index contributed by atoms with van der Waals surface area (Å²) in [5.74, 6) is 3.67. The fourth-order valence-corrected chi connectivity index (χ4v) is 3.67. The molecule has 1 N–H and O–H groups in total. The molecule has 0 aromatic rings. The van der Waals surface area contributed by atoms with Gasteiger partial charge in [-0.25, -0.2) is 0 Å². The Bertz CT molecular complexity index is 143. The first-order valence-electron chi connectivity index (χ1n) is 5.20. The summed E-state index contributed by atoms with van der Waals surface area (Å²) in [4.78, 5) is 0. The molecule has 0 amide bonds. The summed E-state index contributed by atoms with van der Waals surface area (Å²) in [5.41, 5.74) is 0. The number of nitrogens with one attached hydrogen (secondary N) is 1. The zero-order valence-corrected chi connectivity index (χ0v) is 8.70. The number of hydrogen-bond acceptors (Lipinski definition) is 2. The minimum Gasteiger partial charge on any atom is -0.310 e. The summed E-state index contributed by atoms with van der Waals surface area (Å²) in [5, 5.41) is 3.74. The molecule has 12 heavy (non-hydrogen) atoms. The molecule has 0 aromatic heterocycles. The zero-order valence-electron chi connectivity index (χ0n) is 7.88. The highest BCUT2D eigenvalue weighted by atomic mass is 32.2. The monoisotopic (exact) mass is 185 g/mol. The molecule has 2 rings (SSSR count). The molecule has 1 heterocycles. The quantitative estimate of drug-likeness (QED) is 0.672. The van der Waals surface area contributed by atoms with Crippen LogP contribution in [-0.4, -0.2) is 23.6 Å². The minimum absolute atomic E-state index is 0.745. The third kappa shape index (κ3) is 1.97. The van der Waals surface area contributed by atoms with Gasteiger partial charge in [-0.05, 0) is 25.7 Å². The summed E-state index contributed by atoms with van der Waals surface area (Å²) < 4.78 is 0. The van der Waals surface area contributed by atoms with Gasteiger partial charge < -0.3 is 5.32 Å². The second-order valence-electron chi connectivity index (χ2n) is 4.26. The van der Waals surface area contributed by atoms with E-state index in [0.717, 1.165) is 18.0 Å². The number of thioether (sulfide) groups is 1. The first-order valence-corrected chi connectivity index (χ1v) is 6.35. The lowest BCUT2D eigenvalue weighted by atomic mass is 9.99. The Morgan fingerprint density at radius 1 is 1.17 bits per heavy atom. The highest BCUT2D eigenvalue weighted by Crippen LogP contribution is 2.31. The second-order valence-corrected chi connectivity index (χ2v) is 5.33. The van der Waals surface area contributed by atoms with Gasteiger partial charge in [0.25, 0.3) is 0 Å². The lowest BCUT2D eigenvalue weighted by molar-refractivity contribution is 0.357. The van der Waals surface area contributed by atoms with Crippen molar-refractivity contribution in [2.45, 2.75) is 44.7 Å². The van der Waals surface area contributed by atoms with Crippen molar-refractivity contribution in [2.24, 2.45) is 5.92 Å². The summed E-state index contributed by atoms with van der Waals surface area (Å²) in [6.07, 6.45) is 5.90. The van der Waals surface area contributed by atoms with Crippen LogP contribution in [-0.2, 0) is 0 Å². The maximum Gasteiger partial charge on any atom is 0.0189 e. The topological polar surface area (TPSA) is 12.0 Å². The fourth-order valence-electron chi connectivity index (χ4n) is 2.47. The molecule has 0 bridgehead atoms. The third-order valence-corrected chi connectivity index (χ3v) is 4.46. The third-order valence-electron chi connectivity index (χ3n) is 3.13. The molecule has 2 unspecified atom stereocenters. The smallest absolute Gasteiger partial charge is 0.0189 e. The first-order chi connectivity index (χ1) is 5.86. The van der Waals surface area contributed by atoms with Gasteiger partial charge >= 0.3 is 0 Å². The van der Waals surface area contributed by atoms with Gasteiger partial charge in [-0.2, -0.15) is 11.8 Å². The van der Waals surface area contributed by atoms with Crippen molar-refractivity contribution in [2.75, 3.05) is 11.5 Å². The molecule has 2 aliphatic rings. The largest absolute Gasteiger partial charge is 0.310 e. The van der Waals surface area contributed by atoms with Crippen LogP contribution in [0.4, 0.5) is 0 Å². The van der Waals surface area contributed by atoms with Crippen LogP contribution in [0, 0.1) is 5.92 Å². The van der Waals surface area contributed by atoms with Gasteiger partial charge in [-0.1, -0.05) is 12.8 Å². The van der Waals surface area contributed by atoms with Gasteiger partial charge in [-0.15, -0.1) is 0 Å². The van der Waals surface area contributed by atoms with Crippen LogP contribution in [0.5, 0.6) is 0 Å². The van der Waals surface area contributed by atoms with E-state index in [2.05, 4.69) is 24.0 Å². The molecule has 0 radical (unpaired) electrons. The van der Waals surface area contributed by atoms with Crippen molar-refractivity contribution in [3.05, 3.63) is 0 Å². The molecule has 1 aliphatic carbocycles. The Labute approximate surface area is 79.7 Å². The first kappa shape index (κ1) is 8.89. The Balaban J connectivity index is 1.85. The highest BCUT2D eigenvalue weighted by Gasteiger charge is 2.28. The van der Waals surface area contributed by atoms with Crippen molar-refractivity contribution < 1.29 is 0 Å².